The van der Waals surface area contributed by atoms with Gasteiger partial charge >= 0.3 is 6.01 Å². The smallest absolute Gasteiger partial charge is 0.321 e. The molecule has 0 spiro atoms. The molecule has 2 aromatic carbocycles. The van der Waals surface area contributed by atoms with Gasteiger partial charge in [0.05, 0.1) is 0 Å². The molecule has 1 aromatic heterocycles. The number of benzene rings is 2. The molecular formula is C15H10BrClN2O. The van der Waals surface area contributed by atoms with E-state index in [9.17, 15) is 0 Å². The van der Waals surface area contributed by atoms with Crippen molar-refractivity contribution in [3.63, 3.8) is 0 Å². The average molecular weight is 350 g/mol. The molecule has 0 saturated heterocycles. The first kappa shape index (κ1) is 13.3. The SMILES string of the molecule is Clc1ccc(Oc2ncc(CBr)cn2)c2ccccc12. The van der Waals surface area contributed by atoms with Crippen molar-refractivity contribution in [3.8, 4) is 11.8 Å². The van der Waals surface area contributed by atoms with E-state index in [-0.39, 0.29) is 0 Å². The molecule has 0 radical (unpaired) electrons. The molecule has 0 aliphatic heterocycles. The van der Waals surface area contributed by atoms with Crippen molar-refractivity contribution in [2.45, 2.75) is 5.33 Å². The lowest BCUT2D eigenvalue weighted by atomic mass is 10.1. The molecule has 0 aliphatic rings. The summed E-state index contributed by atoms with van der Waals surface area (Å²) in [6, 6.07) is 11.8. The highest BCUT2D eigenvalue weighted by Gasteiger charge is 2.07. The van der Waals surface area contributed by atoms with Gasteiger partial charge in [0.25, 0.3) is 0 Å². The number of hydrogen-bond donors (Lipinski definition) is 0. The third-order valence-electron chi connectivity index (χ3n) is 2.87. The number of hydrogen-bond acceptors (Lipinski definition) is 3. The predicted molar refractivity (Wildman–Crippen MR) is 83.7 cm³/mol. The highest BCUT2D eigenvalue weighted by Crippen LogP contribution is 2.33. The van der Waals surface area contributed by atoms with Crippen LogP contribution < -0.4 is 4.74 Å². The van der Waals surface area contributed by atoms with Crippen molar-refractivity contribution in [2.75, 3.05) is 0 Å². The molecular weight excluding hydrogens is 340 g/mol. The highest BCUT2D eigenvalue weighted by molar-refractivity contribution is 9.08. The summed E-state index contributed by atoms with van der Waals surface area (Å²) >= 11 is 9.53. The third kappa shape index (κ3) is 2.62. The minimum atomic E-state index is 0.321. The first-order chi connectivity index (χ1) is 9.78. The van der Waals surface area contributed by atoms with Gasteiger partial charge in [0, 0.05) is 33.5 Å². The number of nitrogens with zero attached hydrogens (tertiary/aromatic N) is 2. The molecule has 100 valence electrons. The molecule has 0 atom stereocenters. The summed E-state index contributed by atoms with van der Waals surface area (Å²) in [4.78, 5) is 8.36. The van der Waals surface area contributed by atoms with Gasteiger partial charge in [0.1, 0.15) is 5.75 Å². The molecule has 0 unspecified atom stereocenters. The van der Waals surface area contributed by atoms with Crippen LogP contribution in [0.1, 0.15) is 5.56 Å². The van der Waals surface area contributed by atoms with Crippen LogP contribution >= 0.6 is 27.5 Å². The summed E-state index contributed by atoms with van der Waals surface area (Å²) in [6.45, 7) is 0. The van der Waals surface area contributed by atoms with Crippen molar-refractivity contribution in [2.24, 2.45) is 0 Å². The zero-order chi connectivity index (χ0) is 13.9. The number of fused-ring (bicyclic) bond motifs is 1. The quantitative estimate of drug-likeness (QED) is 0.626. The van der Waals surface area contributed by atoms with Crippen molar-refractivity contribution in [3.05, 3.63) is 59.4 Å². The Kier molecular flexibility index (Phi) is 3.85. The van der Waals surface area contributed by atoms with Crippen LogP contribution in [0.2, 0.25) is 5.02 Å². The maximum Gasteiger partial charge on any atom is 0.321 e. The number of rotatable bonds is 3. The number of ether oxygens (including phenoxy) is 1. The molecule has 0 fully saturated rings. The summed E-state index contributed by atoms with van der Waals surface area (Å²) in [6.07, 6.45) is 3.46. The maximum atomic E-state index is 6.18. The van der Waals surface area contributed by atoms with Crippen LogP contribution in [-0.4, -0.2) is 9.97 Å². The summed E-state index contributed by atoms with van der Waals surface area (Å²) in [5.41, 5.74) is 0.998. The molecule has 3 nitrogen and oxygen atoms in total. The molecule has 0 aliphatic carbocycles. The van der Waals surface area contributed by atoms with E-state index in [1.54, 1.807) is 12.4 Å². The Morgan fingerprint density at radius 1 is 1.00 bits per heavy atom. The Balaban J connectivity index is 2.00. The molecule has 3 rings (SSSR count). The van der Waals surface area contributed by atoms with E-state index >= 15 is 0 Å². The largest absolute Gasteiger partial charge is 0.424 e. The first-order valence-corrected chi connectivity index (χ1v) is 7.50. The Morgan fingerprint density at radius 2 is 1.70 bits per heavy atom. The van der Waals surface area contributed by atoms with E-state index < -0.39 is 0 Å². The van der Waals surface area contributed by atoms with Crippen LogP contribution in [0, 0.1) is 0 Å². The lowest BCUT2D eigenvalue weighted by Gasteiger charge is -2.08. The van der Waals surface area contributed by atoms with Gasteiger partial charge in [-0.3, -0.25) is 0 Å². The monoisotopic (exact) mass is 348 g/mol. The van der Waals surface area contributed by atoms with Gasteiger partial charge in [-0.25, -0.2) is 9.97 Å². The third-order valence-corrected chi connectivity index (χ3v) is 3.85. The lowest BCUT2D eigenvalue weighted by Crippen LogP contribution is -1.93. The molecule has 0 amide bonds. The minimum absolute atomic E-state index is 0.321. The fraction of sp³-hybridized carbons (Fsp3) is 0.0667. The molecule has 0 saturated carbocycles. The lowest BCUT2D eigenvalue weighted by molar-refractivity contribution is 0.446. The molecule has 0 bridgehead atoms. The summed E-state index contributed by atoms with van der Waals surface area (Å²) in [5, 5.41) is 3.30. The fourth-order valence-corrected chi connectivity index (χ4v) is 2.40. The standard InChI is InChI=1S/C15H10BrClN2O/c16-7-10-8-18-15(19-9-10)20-14-6-5-13(17)11-3-1-2-4-12(11)14/h1-6,8-9H,7H2. The fourth-order valence-electron chi connectivity index (χ4n) is 1.89. The van der Waals surface area contributed by atoms with Crippen molar-refractivity contribution in [1.29, 1.82) is 0 Å². The zero-order valence-electron chi connectivity index (χ0n) is 10.4. The van der Waals surface area contributed by atoms with E-state index in [1.165, 1.54) is 0 Å². The van der Waals surface area contributed by atoms with Gasteiger partial charge < -0.3 is 4.74 Å². The second-order valence-corrected chi connectivity index (χ2v) is 5.17. The Hall–Kier alpha value is -1.65. The first-order valence-electron chi connectivity index (χ1n) is 6.00. The highest BCUT2D eigenvalue weighted by atomic mass is 79.9. The predicted octanol–water partition coefficient (Wildman–Crippen LogP) is 4.97. The molecule has 20 heavy (non-hydrogen) atoms. The minimum Gasteiger partial charge on any atom is -0.424 e. The van der Waals surface area contributed by atoms with Gasteiger partial charge in [0.2, 0.25) is 0 Å². The van der Waals surface area contributed by atoms with E-state index in [0.29, 0.717) is 16.8 Å². The van der Waals surface area contributed by atoms with Gasteiger partial charge in [-0.05, 0) is 17.7 Å². The summed E-state index contributed by atoms with van der Waals surface area (Å²) in [5.74, 6) is 0.691. The number of halogens is 2. The molecule has 1 heterocycles. The van der Waals surface area contributed by atoms with Crippen LogP contribution in [0.3, 0.4) is 0 Å². The van der Waals surface area contributed by atoms with E-state index in [4.69, 9.17) is 16.3 Å². The second-order valence-electron chi connectivity index (χ2n) is 4.20. The van der Waals surface area contributed by atoms with Crippen LogP contribution in [0.5, 0.6) is 11.8 Å². The Bertz CT molecular complexity index is 746. The van der Waals surface area contributed by atoms with E-state index in [0.717, 1.165) is 21.7 Å². The van der Waals surface area contributed by atoms with Gasteiger partial charge in [-0.15, -0.1) is 0 Å². The summed E-state index contributed by atoms with van der Waals surface area (Å²) in [7, 11) is 0. The van der Waals surface area contributed by atoms with Gasteiger partial charge in [-0.1, -0.05) is 51.8 Å². The van der Waals surface area contributed by atoms with Crippen LogP contribution in [0.4, 0.5) is 0 Å². The van der Waals surface area contributed by atoms with Crippen molar-refractivity contribution < 1.29 is 4.74 Å². The van der Waals surface area contributed by atoms with Gasteiger partial charge in [-0.2, -0.15) is 0 Å². The van der Waals surface area contributed by atoms with Crippen LogP contribution in [-0.2, 0) is 5.33 Å². The van der Waals surface area contributed by atoms with Gasteiger partial charge in [0.15, 0.2) is 0 Å². The maximum absolute atomic E-state index is 6.18. The summed E-state index contributed by atoms with van der Waals surface area (Å²) < 4.78 is 5.75. The number of alkyl halides is 1. The zero-order valence-corrected chi connectivity index (χ0v) is 12.7. The van der Waals surface area contributed by atoms with Crippen molar-refractivity contribution >= 4 is 38.3 Å². The average Bonchev–Trinajstić information content (AvgIpc) is 2.51. The van der Waals surface area contributed by atoms with E-state index in [2.05, 4.69) is 25.9 Å². The Labute approximate surface area is 129 Å². The molecule has 5 heteroatoms. The normalized spacial score (nSPS) is 10.7. The Morgan fingerprint density at radius 3 is 2.40 bits per heavy atom. The second kappa shape index (κ2) is 5.77. The van der Waals surface area contributed by atoms with Crippen molar-refractivity contribution in [1.82, 2.24) is 9.97 Å². The topological polar surface area (TPSA) is 35.0 Å². The van der Waals surface area contributed by atoms with Crippen LogP contribution in [0.25, 0.3) is 10.8 Å². The number of aromatic nitrogens is 2. The van der Waals surface area contributed by atoms with Crippen LogP contribution in [0.15, 0.2) is 48.8 Å². The molecule has 3 aromatic rings. The van der Waals surface area contributed by atoms with E-state index in [1.807, 2.05) is 36.4 Å². The molecule has 0 N–H and O–H groups in total.